The smallest absolute Gasteiger partial charge is 0.0159 e. The lowest BCUT2D eigenvalue weighted by molar-refractivity contribution is 0.661. The number of benzene rings is 10. The summed E-state index contributed by atoms with van der Waals surface area (Å²) < 4.78 is 0. The Labute approximate surface area is 322 Å². The Kier molecular flexibility index (Phi) is 7.00. The summed E-state index contributed by atoms with van der Waals surface area (Å²) in [5, 5.41) is 10.2. The molecule has 0 fully saturated rings. The van der Waals surface area contributed by atoms with Crippen LogP contribution in [-0.2, 0) is 5.41 Å². The first-order valence-electron chi connectivity index (χ1n) is 19.3. The van der Waals surface area contributed by atoms with Gasteiger partial charge in [0, 0.05) is 5.41 Å². The predicted molar refractivity (Wildman–Crippen MR) is 236 cm³/mol. The molecule has 0 nitrogen and oxygen atoms in total. The van der Waals surface area contributed by atoms with E-state index in [-0.39, 0.29) is 5.41 Å². The summed E-state index contributed by atoms with van der Waals surface area (Å²) in [6, 6.07) is 72.3. The molecule has 0 heteroatoms. The Morgan fingerprint density at radius 1 is 0.291 bits per heavy atom. The van der Waals surface area contributed by atoms with Crippen molar-refractivity contribution in [1.82, 2.24) is 0 Å². The minimum absolute atomic E-state index is 0.120. The van der Waals surface area contributed by atoms with Crippen LogP contribution in [0.25, 0.3) is 98.7 Å². The lowest BCUT2D eigenvalue weighted by Crippen LogP contribution is -2.15. The third-order valence-corrected chi connectivity index (χ3v) is 12.2. The van der Waals surface area contributed by atoms with E-state index >= 15 is 0 Å². The molecular weight excluding hydrogens is 661 g/mol. The lowest BCUT2D eigenvalue weighted by atomic mass is 9.80. The highest BCUT2D eigenvalue weighted by Crippen LogP contribution is 2.52. The van der Waals surface area contributed by atoms with Crippen LogP contribution in [0, 0.1) is 0 Å². The van der Waals surface area contributed by atoms with Gasteiger partial charge in [0.15, 0.2) is 0 Å². The fourth-order valence-electron chi connectivity index (χ4n) is 9.50. The number of hydrogen-bond donors (Lipinski definition) is 0. The van der Waals surface area contributed by atoms with Gasteiger partial charge in [0.1, 0.15) is 0 Å². The first-order chi connectivity index (χ1) is 27.0. The van der Waals surface area contributed by atoms with E-state index < -0.39 is 0 Å². The molecule has 258 valence electrons. The summed E-state index contributed by atoms with van der Waals surface area (Å²) in [6.45, 7) is 4.78. The summed E-state index contributed by atoms with van der Waals surface area (Å²) in [5.41, 5.74) is 15.3. The zero-order chi connectivity index (χ0) is 36.7. The summed E-state index contributed by atoms with van der Waals surface area (Å²) in [5.74, 6) is 0. The van der Waals surface area contributed by atoms with Crippen LogP contribution >= 0.6 is 0 Å². The fraction of sp³-hybridized carbons (Fsp3) is 0.0545. The Morgan fingerprint density at radius 3 is 1.56 bits per heavy atom. The lowest BCUT2D eigenvalue weighted by Gasteiger charge is -2.23. The summed E-state index contributed by atoms with van der Waals surface area (Å²) in [4.78, 5) is 0. The number of rotatable bonds is 4. The first-order valence-corrected chi connectivity index (χ1v) is 19.3. The first kappa shape index (κ1) is 31.7. The molecule has 0 N–H and O–H groups in total. The Hall–Kier alpha value is -6.76. The van der Waals surface area contributed by atoms with Gasteiger partial charge < -0.3 is 0 Å². The average Bonchev–Trinajstić information content (AvgIpc) is 3.46. The van der Waals surface area contributed by atoms with Gasteiger partial charge >= 0.3 is 0 Å². The van der Waals surface area contributed by atoms with Gasteiger partial charge in [0.25, 0.3) is 0 Å². The van der Waals surface area contributed by atoms with Crippen molar-refractivity contribution in [3.8, 4) is 55.6 Å². The van der Waals surface area contributed by atoms with Crippen molar-refractivity contribution in [3.63, 3.8) is 0 Å². The van der Waals surface area contributed by atoms with Crippen LogP contribution in [-0.4, -0.2) is 0 Å². The van der Waals surface area contributed by atoms with Crippen LogP contribution in [0.2, 0.25) is 0 Å². The van der Waals surface area contributed by atoms with E-state index in [0.717, 1.165) is 0 Å². The van der Waals surface area contributed by atoms with Gasteiger partial charge in [-0.15, -0.1) is 0 Å². The van der Waals surface area contributed by atoms with Crippen molar-refractivity contribution in [2.75, 3.05) is 0 Å². The molecule has 1 aliphatic carbocycles. The van der Waals surface area contributed by atoms with Gasteiger partial charge in [0.2, 0.25) is 0 Å². The van der Waals surface area contributed by atoms with E-state index in [4.69, 9.17) is 0 Å². The Morgan fingerprint density at radius 2 is 0.836 bits per heavy atom. The second kappa shape index (κ2) is 12.1. The molecule has 0 aromatic heterocycles. The van der Waals surface area contributed by atoms with Crippen molar-refractivity contribution in [2.45, 2.75) is 19.3 Å². The third kappa shape index (κ3) is 4.92. The summed E-state index contributed by atoms with van der Waals surface area (Å²) in [7, 11) is 0. The van der Waals surface area contributed by atoms with E-state index in [1.54, 1.807) is 0 Å². The van der Waals surface area contributed by atoms with Gasteiger partial charge in [-0.2, -0.15) is 0 Å². The maximum atomic E-state index is 2.47. The van der Waals surface area contributed by atoms with Gasteiger partial charge in [0.05, 0.1) is 0 Å². The highest BCUT2D eigenvalue weighted by molar-refractivity contribution is 6.28. The molecule has 0 atom stereocenters. The average molecular weight is 699 g/mol. The SMILES string of the molecule is CC1(C)c2cc(-c3cc(-c4ccccc4)cc(-c4c5ccccc5c(-c5ccccc5)c5c4ccc4ccccc45)c3)ccc2-c2cc3ccccc3cc21. The minimum atomic E-state index is -0.120. The molecule has 11 rings (SSSR count). The van der Waals surface area contributed by atoms with Crippen LogP contribution < -0.4 is 0 Å². The maximum Gasteiger partial charge on any atom is 0.0159 e. The molecule has 0 heterocycles. The molecule has 1 aliphatic rings. The molecule has 0 unspecified atom stereocenters. The minimum Gasteiger partial charge on any atom is -0.0622 e. The van der Waals surface area contributed by atoms with Crippen molar-refractivity contribution >= 4 is 43.1 Å². The third-order valence-electron chi connectivity index (χ3n) is 12.2. The number of hydrogen-bond acceptors (Lipinski definition) is 0. The van der Waals surface area contributed by atoms with Crippen molar-refractivity contribution in [2.24, 2.45) is 0 Å². The fourth-order valence-corrected chi connectivity index (χ4v) is 9.50. The molecular formula is C55H38. The normalized spacial score (nSPS) is 13.1. The Bertz CT molecular complexity index is 3150. The van der Waals surface area contributed by atoms with Crippen molar-refractivity contribution in [3.05, 3.63) is 205 Å². The Balaban J connectivity index is 1.20. The monoisotopic (exact) mass is 698 g/mol. The molecule has 0 amide bonds. The second-order valence-corrected chi connectivity index (χ2v) is 15.7. The van der Waals surface area contributed by atoms with Crippen LogP contribution in [0.4, 0.5) is 0 Å². The van der Waals surface area contributed by atoms with Crippen LogP contribution in [0.5, 0.6) is 0 Å². The van der Waals surface area contributed by atoms with Crippen molar-refractivity contribution in [1.29, 1.82) is 0 Å². The molecule has 0 aliphatic heterocycles. The predicted octanol–water partition coefficient (Wildman–Crippen LogP) is 15.3. The van der Waals surface area contributed by atoms with E-state index in [1.807, 2.05) is 0 Å². The number of fused-ring (bicyclic) bond motifs is 8. The standard InChI is InChI=1S/C55H38/c1-55(2)50-34-40(26-27-45(50)49-32-38-20-9-10-21-39(38)33-51(49)55)42-29-41(35-15-5-3-6-16-35)30-43(31-42)52-46-23-13-14-24-47(46)53(37-18-7-4-8-19-37)54-44-22-12-11-17-36(44)25-28-48(52)54/h3-34H,1-2H3. The molecule has 0 spiro atoms. The van der Waals surface area contributed by atoms with E-state index in [0.29, 0.717) is 0 Å². The molecule has 0 saturated carbocycles. The molecule has 0 radical (unpaired) electrons. The van der Waals surface area contributed by atoms with Gasteiger partial charge in [-0.3, -0.25) is 0 Å². The zero-order valence-electron chi connectivity index (χ0n) is 31.0. The molecule has 55 heavy (non-hydrogen) atoms. The zero-order valence-corrected chi connectivity index (χ0v) is 31.0. The van der Waals surface area contributed by atoms with Crippen LogP contribution in [0.3, 0.4) is 0 Å². The molecule has 0 saturated heterocycles. The highest BCUT2D eigenvalue weighted by Gasteiger charge is 2.36. The van der Waals surface area contributed by atoms with E-state index in [2.05, 4.69) is 208 Å². The largest absolute Gasteiger partial charge is 0.0622 e. The van der Waals surface area contributed by atoms with E-state index in [9.17, 15) is 0 Å². The summed E-state index contributed by atoms with van der Waals surface area (Å²) >= 11 is 0. The van der Waals surface area contributed by atoms with Gasteiger partial charge in [-0.1, -0.05) is 172 Å². The molecule has 10 aromatic rings. The van der Waals surface area contributed by atoms with E-state index in [1.165, 1.54) is 110 Å². The molecule has 10 aromatic carbocycles. The van der Waals surface area contributed by atoms with Crippen molar-refractivity contribution < 1.29 is 0 Å². The topological polar surface area (TPSA) is 0 Å². The second-order valence-electron chi connectivity index (χ2n) is 15.7. The maximum absolute atomic E-state index is 2.47. The molecule has 0 bridgehead atoms. The quantitative estimate of drug-likeness (QED) is 0.127. The van der Waals surface area contributed by atoms with Crippen LogP contribution in [0.1, 0.15) is 25.0 Å². The van der Waals surface area contributed by atoms with Crippen LogP contribution in [0.15, 0.2) is 194 Å². The summed E-state index contributed by atoms with van der Waals surface area (Å²) in [6.07, 6.45) is 0. The van der Waals surface area contributed by atoms with Gasteiger partial charge in [-0.25, -0.2) is 0 Å². The van der Waals surface area contributed by atoms with Gasteiger partial charge in [-0.05, 0) is 146 Å². The highest BCUT2D eigenvalue weighted by atomic mass is 14.4.